The SMILES string of the molecule is CCCCCCCCCCOc1ccc(OC(=O)c2ccc(O[C@@H](C)[C@@H](F)[C@H](F)C(C)C)c(F)c2)cc1. The first kappa shape index (κ1) is 30.5. The van der Waals surface area contributed by atoms with Crippen molar-refractivity contribution in [1.29, 1.82) is 0 Å². The third-order valence-corrected chi connectivity index (χ3v) is 6.17. The summed E-state index contributed by atoms with van der Waals surface area (Å²) in [5.41, 5.74) is -0.0325. The molecule has 0 N–H and O–H groups in total. The van der Waals surface area contributed by atoms with Gasteiger partial charge in [-0.25, -0.2) is 18.0 Å². The highest BCUT2D eigenvalue weighted by molar-refractivity contribution is 5.91. The van der Waals surface area contributed by atoms with E-state index in [2.05, 4.69) is 6.92 Å². The maximum atomic E-state index is 14.5. The Morgan fingerprint density at radius 3 is 2.00 bits per heavy atom. The van der Waals surface area contributed by atoms with E-state index in [1.165, 1.54) is 57.6 Å². The van der Waals surface area contributed by atoms with Gasteiger partial charge in [-0.05, 0) is 61.7 Å². The second-order valence-corrected chi connectivity index (χ2v) is 9.79. The number of alkyl halides is 2. The smallest absolute Gasteiger partial charge is 0.343 e. The van der Waals surface area contributed by atoms with Gasteiger partial charge in [-0.2, -0.15) is 0 Å². The van der Waals surface area contributed by atoms with Gasteiger partial charge in [0, 0.05) is 0 Å². The number of rotatable bonds is 17. The van der Waals surface area contributed by atoms with E-state index in [1.54, 1.807) is 38.1 Å². The van der Waals surface area contributed by atoms with E-state index in [-0.39, 0.29) is 11.3 Å². The molecule has 37 heavy (non-hydrogen) atoms. The molecule has 0 saturated carbocycles. The summed E-state index contributed by atoms with van der Waals surface area (Å²) < 4.78 is 58.9. The van der Waals surface area contributed by atoms with Crippen molar-refractivity contribution in [1.82, 2.24) is 0 Å². The van der Waals surface area contributed by atoms with E-state index in [0.717, 1.165) is 18.9 Å². The fourth-order valence-electron chi connectivity index (χ4n) is 3.81. The first-order chi connectivity index (χ1) is 17.7. The molecule has 0 spiro atoms. The van der Waals surface area contributed by atoms with Crippen LogP contribution in [0.25, 0.3) is 0 Å². The summed E-state index contributed by atoms with van der Waals surface area (Å²) in [6, 6.07) is 10.1. The minimum absolute atomic E-state index is 0.0325. The average molecular weight is 523 g/mol. The Kier molecular flexibility index (Phi) is 13.4. The molecular weight excluding hydrogens is 481 g/mol. The Balaban J connectivity index is 1.78. The van der Waals surface area contributed by atoms with Crippen LogP contribution in [0.1, 0.15) is 89.4 Å². The molecule has 0 aliphatic carbocycles. The van der Waals surface area contributed by atoms with Crippen LogP contribution < -0.4 is 14.2 Å². The average Bonchev–Trinajstić information content (AvgIpc) is 2.88. The molecule has 2 rings (SSSR count). The maximum Gasteiger partial charge on any atom is 0.343 e. The van der Waals surface area contributed by atoms with Crippen LogP contribution in [-0.4, -0.2) is 31.0 Å². The third kappa shape index (κ3) is 10.7. The van der Waals surface area contributed by atoms with Gasteiger partial charge in [-0.15, -0.1) is 0 Å². The van der Waals surface area contributed by atoms with E-state index in [4.69, 9.17) is 14.2 Å². The van der Waals surface area contributed by atoms with Crippen LogP contribution >= 0.6 is 0 Å². The van der Waals surface area contributed by atoms with Gasteiger partial charge in [0.25, 0.3) is 0 Å². The van der Waals surface area contributed by atoms with E-state index >= 15 is 0 Å². The Morgan fingerprint density at radius 2 is 1.41 bits per heavy atom. The molecule has 0 aromatic heterocycles. The molecule has 7 heteroatoms. The standard InChI is InChI=1S/C30H41F3O4/c1-5-6-7-8-9-10-11-12-19-35-24-14-16-25(17-15-24)37-30(34)23-13-18-27(26(31)20-23)36-22(4)29(33)28(32)21(2)3/h13-18,20-22,28-29H,5-12,19H2,1-4H3/t22-,28+,29+/m0/s1. The molecule has 0 bridgehead atoms. The Bertz CT molecular complexity index is 933. The predicted octanol–water partition coefficient (Wildman–Crippen LogP) is 8.66. The van der Waals surface area contributed by atoms with Gasteiger partial charge in [-0.3, -0.25) is 0 Å². The minimum atomic E-state index is -1.91. The van der Waals surface area contributed by atoms with E-state index < -0.39 is 36.2 Å². The van der Waals surface area contributed by atoms with Crippen molar-refractivity contribution < 1.29 is 32.2 Å². The Morgan fingerprint density at radius 1 is 0.811 bits per heavy atom. The highest BCUT2D eigenvalue weighted by Crippen LogP contribution is 2.25. The molecule has 206 valence electrons. The number of carbonyl (C=O) groups excluding carboxylic acids is 1. The topological polar surface area (TPSA) is 44.8 Å². The zero-order valence-electron chi connectivity index (χ0n) is 22.5. The zero-order valence-corrected chi connectivity index (χ0v) is 22.5. The lowest BCUT2D eigenvalue weighted by Crippen LogP contribution is -2.36. The highest BCUT2D eigenvalue weighted by atomic mass is 19.2. The summed E-state index contributed by atoms with van der Waals surface area (Å²) in [4.78, 5) is 12.4. The van der Waals surface area contributed by atoms with Crippen LogP contribution in [0.3, 0.4) is 0 Å². The molecular formula is C30H41F3O4. The quantitative estimate of drug-likeness (QED) is 0.118. The van der Waals surface area contributed by atoms with Gasteiger partial charge in [0.1, 0.15) is 23.8 Å². The van der Waals surface area contributed by atoms with Crippen molar-refractivity contribution in [3.63, 3.8) is 0 Å². The number of ether oxygens (including phenoxy) is 3. The summed E-state index contributed by atoms with van der Waals surface area (Å²) in [7, 11) is 0. The van der Waals surface area contributed by atoms with Crippen molar-refractivity contribution in [2.45, 2.75) is 97.5 Å². The summed E-state index contributed by atoms with van der Waals surface area (Å²) in [6.45, 7) is 7.31. The van der Waals surface area contributed by atoms with E-state index in [0.29, 0.717) is 18.1 Å². The molecule has 0 amide bonds. The largest absolute Gasteiger partial charge is 0.494 e. The molecule has 3 atom stereocenters. The number of carbonyl (C=O) groups is 1. The molecule has 2 aromatic carbocycles. The number of unbranched alkanes of at least 4 members (excludes halogenated alkanes) is 7. The van der Waals surface area contributed by atoms with Gasteiger partial charge in [0.05, 0.1) is 12.2 Å². The van der Waals surface area contributed by atoms with Crippen molar-refractivity contribution >= 4 is 5.97 Å². The van der Waals surface area contributed by atoms with Crippen LogP contribution in [0.2, 0.25) is 0 Å². The number of esters is 1. The lowest BCUT2D eigenvalue weighted by Gasteiger charge is -2.23. The number of hydrogen-bond donors (Lipinski definition) is 0. The van der Waals surface area contributed by atoms with Gasteiger partial charge in [-0.1, -0.05) is 65.7 Å². The number of halogens is 3. The van der Waals surface area contributed by atoms with Crippen LogP contribution in [0.4, 0.5) is 13.2 Å². The van der Waals surface area contributed by atoms with Crippen molar-refractivity contribution in [3.8, 4) is 17.2 Å². The summed E-state index contributed by atoms with van der Waals surface area (Å²) in [6.07, 6.45) is 5.00. The van der Waals surface area contributed by atoms with Crippen molar-refractivity contribution in [2.75, 3.05) is 6.61 Å². The molecule has 0 aliphatic heterocycles. The van der Waals surface area contributed by atoms with Gasteiger partial charge >= 0.3 is 5.97 Å². The van der Waals surface area contributed by atoms with Crippen LogP contribution in [-0.2, 0) is 0 Å². The van der Waals surface area contributed by atoms with Crippen molar-refractivity contribution in [3.05, 3.63) is 53.8 Å². The molecule has 0 heterocycles. The first-order valence-electron chi connectivity index (χ1n) is 13.4. The molecule has 0 fully saturated rings. The lowest BCUT2D eigenvalue weighted by atomic mass is 10.0. The van der Waals surface area contributed by atoms with Crippen molar-refractivity contribution in [2.24, 2.45) is 5.92 Å². The minimum Gasteiger partial charge on any atom is -0.494 e. The van der Waals surface area contributed by atoms with Crippen LogP contribution in [0, 0.1) is 11.7 Å². The fourth-order valence-corrected chi connectivity index (χ4v) is 3.81. The number of hydrogen-bond acceptors (Lipinski definition) is 4. The normalized spacial score (nSPS) is 13.7. The second kappa shape index (κ2) is 16.2. The molecule has 0 aliphatic rings. The molecule has 4 nitrogen and oxygen atoms in total. The monoisotopic (exact) mass is 522 g/mol. The Hall–Kier alpha value is -2.70. The fraction of sp³-hybridized carbons (Fsp3) is 0.567. The van der Waals surface area contributed by atoms with E-state index in [9.17, 15) is 18.0 Å². The summed E-state index contributed by atoms with van der Waals surface area (Å²) in [5, 5.41) is 0. The van der Waals surface area contributed by atoms with Gasteiger partial charge in [0.2, 0.25) is 0 Å². The van der Waals surface area contributed by atoms with E-state index in [1.807, 2.05) is 0 Å². The Labute approximate surface area is 219 Å². The van der Waals surface area contributed by atoms with Crippen LogP contribution in [0.5, 0.6) is 17.2 Å². The van der Waals surface area contributed by atoms with Gasteiger partial charge < -0.3 is 14.2 Å². The molecule has 0 saturated heterocycles. The second-order valence-electron chi connectivity index (χ2n) is 9.79. The molecule has 0 radical (unpaired) electrons. The number of benzene rings is 2. The maximum absolute atomic E-state index is 14.5. The summed E-state index contributed by atoms with van der Waals surface area (Å²) in [5.74, 6) is -1.43. The lowest BCUT2D eigenvalue weighted by molar-refractivity contribution is 0.0319. The highest BCUT2D eigenvalue weighted by Gasteiger charge is 2.31. The predicted molar refractivity (Wildman–Crippen MR) is 141 cm³/mol. The molecule has 0 unspecified atom stereocenters. The third-order valence-electron chi connectivity index (χ3n) is 6.17. The summed E-state index contributed by atoms with van der Waals surface area (Å²) >= 11 is 0. The van der Waals surface area contributed by atoms with Gasteiger partial charge in [0.15, 0.2) is 17.7 Å². The van der Waals surface area contributed by atoms with Crippen LogP contribution in [0.15, 0.2) is 42.5 Å². The zero-order chi connectivity index (χ0) is 27.2. The molecule has 2 aromatic rings. The first-order valence-corrected chi connectivity index (χ1v) is 13.4.